The number of carbonyl (C=O) groups is 3. The average molecular weight is 257 g/mol. The van der Waals surface area contributed by atoms with Crippen LogP contribution in [0.3, 0.4) is 0 Å². The van der Waals surface area contributed by atoms with Gasteiger partial charge < -0.3 is 14.8 Å². The molecule has 6 nitrogen and oxygen atoms in total. The number of methoxy groups -OCH3 is 2. The standard InChI is InChI=1S/C12H19NO5/c1-7(14)13-10-5-4-8(11(15)17-2)6-9(10)12(16)18-3/h8-10H,4-6H2,1-3H3,(H,13,14)/t8-,9+,10-/m1/s1. The zero-order chi connectivity index (χ0) is 13.7. The fourth-order valence-corrected chi connectivity index (χ4v) is 2.40. The molecule has 0 aromatic carbocycles. The normalized spacial score (nSPS) is 27.2. The van der Waals surface area contributed by atoms with Crippen LogP contribution in [-0.2, 0) is 23.9 Å². The molecule has 0 bridgehead atoms. The molecular weight excluding hydrogens is 238 g/mol. The lowest BCUT2D eigenvalue weighted by atomic mass is 9.78. The number of amides is 1. The van der Waals surface area contributed by atoms with Gasteiger partial charge in [-0.05, 0) is 19.3 Å². The summed E-state index contributed by atoms with van der Waals surface area (Å²) >= 11 is 0. The molecule has 1 amide bonds. The molecule has 1 rings (SSSR count). The number of ether oxygens (including phenoxy) is 2. The number of hydrogen-bond donors (Lipinski definition) is 1. The first-order valence-electron chi connectivity index (χ1n) is 5.92. The average Bonchev–Trinajstić information content (AvgIpc) is 2.36. The molecular formula is C12H19NO5. The summed E-state index contributed by atoms with van der Waals surface area (Å²) in [4.78, 5) is 34.3. The number of esters is 2. The van der Waals surface area contributed by atoms with Crippen LogP contribution >= 0.6 is 0 Å². The van der Waals surface area contributed by atoms with Gasteiger partial charge in [0.25, 0.3) is 0 Å². The Hall–Kier alpha value is -1.59. The fraction of sp³-hybridized carbons (Fsp3) is 0.750. The zero-order valence-electron chi connectivity index (χ0n) is 10.9. The highest BCUT2D eigenvalue weighted by Crippen LogP contribution is 2.31. The molecule has 1 aliphatic carbocycles. The van der Waals surface area contributed by atoms with Gasteiger partial charge in [0.2, 0.25) is 5.91 Å². The molecule has 0 aromatic heterocycles. The predicted octanol–water partition coefficient (Wildman–Crippen LogP) is 0.253. The van der Waals surface area contributed by atoms with Crippen LogP contribution < -0.4 is 5.32 Å². The SMILES string of the molecule is COC(=O)[C@@H]1CC[C@@H](NC(C)=O)[C@@H](C(=O)OC)C1. The lowest BCUT2D eigenvalue weighted by Gasteiger charge is -2.33. The molecule has 0 radical (unpaired) electrons. The van der Waals surface area contributed by atoms with Crippen molar-refractivity contribution in [2.24, 2.45) is 11.8 Å². The molecule has 0 aromatic rings. The van der Waals surface area contributed by atoms with E-state index in [4.69, 9.17) is 4.74 Å². The largest absolute Gasteiger partial charge is 0.469 e. The second kappa shape index (κ2) is 6.37. The smallest absolute Gasteiger partial charge is 0.310 e. The Morgan fingerprint density at radius 2 is 1.67 bits per heavy atom. The van der Waals surface area contributed by atoms with E-state index in [1.54, 1.807) is 0 Å². The minimum absolute atomic E-state index is 0.189. The van der Waals surface area contributed by atoms with Crippen LogP contribution in [0.1, 0.15) is 26.2 Å². The number of rotatable bonds is 3. The summed E-state index contributed by atoms with van der Waals surface area (Å²) in [6, 6.07) is -0.268. The first-order valence-corrected chi connectivity index (χ1v) is 5.92. The summed E-state index contributed by atoms with van der Waals surface area (Å²) in [5, 5.41) is 2.73. The van der Waals surface area contributed by atoms with Crippen LogP contribution in [0.2, 0.25) is 0 Å². The van der Waals surface area contributed by atoms with Crippen molar-refractivity contribution >= 4 is 17.8 Å². The summed E-state index contributed by atoms with van der Waals surface area (Å²) in [6.45, 7) is 1.40. The third-order valence-corrected chi connectivity index (χ3v) is 3.28. The van der Waals surface area contributed by atoms with E-state index in [9.17, 15) is 14.4 Å². The maximum absolute atomic E-state index is 11.7. The van der Waals surface area contributed by atoms with Crippen molar-refractivity contribution in [1.29, 1.82) is 0 Å². The van der Waals surface area contributed by atoms with Crippen molar-refractivity contribution in [3.8, 4) is 0 Å². The molecule has 0 heterocycles. The zero-order valence-corrected chi connectivity index (χ0v) is 10.9. The van der Waals surface area contributed by atoms with Crippen LogP contribution in [0.25, 0.3) is 0 Å². The Morgan fingerprint density at radius 3 is 2.17 bits per heavy atom. The minimum atomic E-state index is -0.489. The van der Waals surface area contributed by atoms with Crippen molar-refractivity contribution in [3.63, 3.8) is 0 Å². The van der Waals surface area contributed by atoms with Gasteiger partial charge in [-0.25, -0.2) is 0 Å². The molecule has 0 saturated heterocycles. The highest BCUT2D eigenvalue weighted by molar-refractivity contribution is 5.79. The number of nitrogens with one attached hydrogen (secondary N) is 1. The Bertz CT molecular complexity index is 341. The number of hydrogen-bond acceptors (Lipinski definition) is 5. The van der Waals surface area contributed by atoms with Crippen LogP contribution in [-0.4, -0.2) is 38.1 Å². The highest BCUT2D eigenvalue weighted by atomic mass is 16.5. The molecule has 0 spiro atoms. The Labute approximate surface area is 106 Å². The first-order chi connectivity index (χ1) is 8.49. The van der Waals surface area contributed by atoms with Gasteiger partial charge in [-0.3, -0.25) is 14.4 Å². The van der Waals surface area contributed by atoms with E-state index in [1.165, 1.54) is 21.1 Å². The van der Waals surface area contributed by atoms with Crippen molar-refractivity contribution in [2.45, 2.75) is 32.2 Å². The molecule has 1 N–H and O–H groups in total. The van der Waals surface area contributed by atoms with Crippen molar-refractivity contribution < 1.29 is 23.9 Å². The van der Waals surface area contributed by atoms with E-state index in [-0.39, 0.29) is 23.8 Å². The third kappa shape index (κ3) is 3.45. The maximum atomic E-state index is 11.7. The summed E-state index contributed by atoms with van der Waals surface area (Å²) < 4.78 is 9.41. The highest BCUT2D eigenvalue weighted by Gasteiger charge is 2.39. The molecule has 18 heavy (non-hydrogen) atoms. The molecule has 102 valence electrons. The Morgan fingerprint density at radius 1 is 1.06 bits per heavy atom. The lowest BCUT2D eigenvalue weighted by molar-refractivity contribution is -0.153. The first kappa shape index (κ1) is 14.5. The van der Waals surface area contributed by atoms with Gasteiger partial charge in [0.05, 0.1) is 26.1 Å². The molecule has 0 aliphatic heterocycles. The molecule has 0 unspecified atom stereocenters. The topological polar surface area (TPSA) is 81.7 Å². The summed E-state index contributed by atoms with van der Waals surface area (Å²) in [6.07, 6.45) is 1.52. The van der Waals surface area contributed by atoms with Crippen LogP contribution in [0.4, 0.5) is 0 Å². The van der Waals surface area contributed by atoms with Crippen molar-refractivity contribution in [1.82, 2.24) is 5.32 Å². The summed E-state index contributed by atoms with van der Waals surface area (Å²) in [7, 11) is 2.63. The van der Waals surface area contributed by atoms with Gasteiger partial charge >= 0.3 is 11.9 Å². The van der Waals surface area contributed by atoms with Gasteiger partial charge in [-0.1, -0.05) is 0 Å². The second-order valence-corrected chi connectivity index (χ2v) is 4.47. The molecule has 1 aliphatic rings. The maximum Gasteiger partial charge on any atom is 0.310 e. The van der Waals surface area contributed by atoms with Crippen molar-refractivity contribution in [2.75, 3.05) is 14.2 Å². The minimum Gasteiger partial charge on any atom is -0.469 e. The van der Waals surface area contributed by atoms with E-state index >= 15 is 0 Å². The Kier molecular flexibility index (Phi) is 5.12. The van der Waals surface area contributed by atoms with E-state index in [1.807, 2.05) is 0 Å². The lowest BCUT2D eigenvalue weighted by Crippen LogP contribution is -2.47. The summed E-state index contributed by atoms with van der Waals surface area (Å²) in [5.74, 6) is -1.70. The van der Waals surface area contributed by atoms with Crippen LogP contribution in [0.15, 0.2) is 0 Å². The number of carbonyl (C=O) groups excluding carboxylic acids is 3. The van der Waals surface area contributed by atoms with Gasteiger partial charge in [-0.15, -0.1) is 0 Å². The quantitative estimate of drug-likeness (QED) is 0.733. The van der Waals surface area contributed by atoms with E-state index in [0.717, 1.165) is 0 Å². The predicted molar refractivity (Wildman–Crippen MR) is 62.5 cm³/mol. The van der Waals surface area contributed by atoms with E-state index in [2.05, 4.69) is 10.1 Å². The third-order valence-electron chi connectivity index (χ3n) is 3.28. The monoisotopic (exact) mass is 257 g/mol. The van der Waals surface area contributed by atoms with Gasteiger partial charge in [0.1, 0.15) is 0 Å². The van der Waals surface area contributed by atoms with Gasteiger partial charge in [0, 0.05) is 13.0 Å². The van der Waals surface area contributed by atoms with E-state index < -0.39 is 11.9 Å². The molecule has 1 fully saturated rings. The van der Waals surface area contributed by atoms with Gasteiger partial charge in [0.15, 0.2) is 0 Å². The van der Waals surface area contributed by atoms with E-state index in [0.29, 0.717) is 19.3 Å². The fourth-order valence-electron chi connectivity index (χ4n) is 2.40. The van der Waals surface area contributed by atoms with Crippen LogP contribution in [0.5, 0.6) is 0 Å². The molecule has 3 atom stereocenters. The van der Waals surface area contributed by atoms with Crippen LogP contribution in [0, 0.1) is 11.8 Å². The Balaban J connectivity index is 2.75. The molecule has 1 saturated carbocycles. The van der Waals surface area contributed by atoms with Gasteiger partial charge in [-0.2, -0.15) is 0 Å². The molecule has 6 heteroatoms. The second-order valence-electron chi connectivity index (χ2n) is 4.47. The van der Waals surface area contributed by atoms with Crippen molar-refractivity contribution in [3.05, 3.63) is 0 Å². The summed E-state index contributed by atoms with van der Waals surface area (Å²) in [5.41, 5.74) is 0.